The SMILES string of the molecule is O=C(Cn1c(CC(F)(F)F)nc2cc(Cl)c(Cl)cc21)c1ccc2c(c1)OCCO2. The van der Waals surface area contributed by atoms with Crippen molar-refractivity contribution in [3.05, 3.63) is 51.8 Å². The van der Waals surface area contributed by atoms with Crippen LogP contribution in [0.1, 0.15) is 16.2 Å². The van der Waals surface area contributed by atoms with Crippen LogP contribution in [0.2, 0.25) is 10.0 Å². The monoisotopic (exact) mass is 444 g/mol. The van der Waals surface area contributed by atoms with Gasteiger partial charge in [0.05, 0.1) is 27.6 Å². The van der Waals surface area contributed by atoms with Gasteiger partial charge in [-0.2, -0.15) is 13.2 Å². The van der Waals surface area contributed by atoms with E-state index in [4.69, 9.17) is 32.7 Å². The molecular weight excluding hydrogens is 432 g/mol. The summed E-state index contributed by atoms with van der Waals surface area (Å²) in [5.74, 6) is 0.232. The zero-order chi connectivity index (χ0) is 20.8. The van der Waals surface area contributed by atoms with E-state index in [9.17, 15) is 18.0 Å². The van der Waals surface area contributed by atoms with Gasteiger partial charge in [0.1, 0.15) is 25.5 Å². The van der Waals surface area contributed by atoms with E-state index in [1.165, 1.54) is 22.8 Å². The Balaban J connectivity index is 1.73. The van der Waals surface area contributed by atoms with Crippen molar-refractivity contribution < 1.29 is 27.4 Å². The molecule has 0 aliphatic carbocycles. The molecule has 5 nitrogen and oxygen atoms in total. The number of ether oxygens (including phenoxy) is 2. The van der Waals surface area contributed by atoms with Gasteiger partial charge in [-0.1, -0.05) is 23.2 Å². The molecule has 1 aliphatic heterocycles. The Morgan fingerprint density at radius 2 is 1.76 bits per heavy atom. The molecule has 0 N–H and O–H groups in total. The lowest BCUT2D eigenvalue weighted by molar-refractivity contribution is -0.128. The Bertz CT molecular complexity index is 1110. The number of aromatic nitrogens is 2. The number of ketones is 1. The number of alkyl halides is 3. The number of imidazole rings is 1. The summed E-state index contributed by atoms with van der Waals surface area (Å²) in [6.45, 7) is 0.413. The van der Waals surface area contributed by atoms with Crippen LogP contribution in [-0.4, -0.2) is 34.7 Å². The third kappa shape index (κ3) is 4.13. The number of fused-ring (bicyclic) bond motifs is 2. The standard InChI is InChI=1S/C19H13Cl2F3N2O3/c20-11-6-13-14(7-12(11)21)26(18(25-13)8-19(22,23)24)9-15(27)10-1-2-16-17(5-10)29-4-3-28-16/h1-2,5-7H,3-4,8-9H2. The minimum atomic E-state index is -4.49. The maximum Gasteiger partial charge on any atom is 0.396 e. The number of Topliss-reactive ketones (excluding diaryl/α,β-unsaturated/α-hetero) is 1. The largest absolute Gasteiger partial charge is 0.486 e. The fraction of sp³-hybridized carbons (Fsp3) is 0.263. The molecule has 4 rings (SSSR count). The van der Waals surface area contributed by atoms with Crippen LogP contribution in [0.3, 0.4) is 0 Å². The molecule has 0 fully saturated rings. The number of nitrogens with zero attached hydrogens (tertiary/aromatic N) is 2. The van der Waals surface area contributed by atoms with E-state index in [1.54, 1.807) is 12.1 Å². The first kappa shape index (κ1) is 19.8. The van der Waals surface area contributed by atoms with Crippen LogP contribution in [0.15, 0.2) is 30.3 Å². The second kappa shape index (κ2) is 7.42. The van der Waals surface area contributed by atoms with Crippen LogP contribution in [-0.2, 0) is 13.0 Å². The summed E-state index contributed by atoms with van der Waals surface area (Å²) in [6, 6.07) is 7.44. The summed E-state index contributed by atoms with van der Waals surface area (Å²) in [5, 5.41) is 0.325. The fourth-order valence-corrected chi connectivity index (χ4v) is 3.43. The molecule has 0 saturated carbocycles. The van der Waals surface area contributed by atoms with E-state index in [0.717, 1.165) is 0 Å². The van der Waals surface area contributed by atoms with Gasteiger partial charge < -0.3 is 14.0 Å². The molecule has 10 heteroatoms. The van der Waals surface area contributed by atoms with Gasteiger partial charge in [0.15, 0.2) is 17.3 Å². The number of rotatable bonds is 4. The molecule has 1 aliphatic rings. The molecule has 2 heterocycles. The van der Waals surface area contributed by atoms with Crippen LogP contribution in [0.5, 0.6) is 11.5 Å². The van der Waals surface area contributed by atoms with E-state index >= 15 is 0 Å². The van der Waals surface area contributed by atoms with Crippen molar-refractivity contribution in [2.24, 2.45) is 0 Å². The third-order valence-corrected chi connectivity index (χ3v) is 5.12. The Morgan fingerprint density at radius 1 is 1.07 bits per heavy atom. The average Bonchev–Trinajstić information content (AvgIpc) is 2.96. The second-order valence-corrected chi connectivity index (χ2v) is 7.26. The highest BCUT2D eigenvalue weighted by Crippen LogP contribution is 2.33. The van der Waals surface area contributed by atoms with Gasteiger partial charge in [0, 0.05) is 5.56 Å². The normalized spacial score (nSPS) is 13.7. The van der Waals surface area contributed by atoms with Crippen LogP contribution in [0.25, 0.3) is 11.0 Å². The minimum absolute atomic E-state index is 0.158. The van der Waals surface area contributed by atoms with Crippen molar-refractivity contribution >= 4 is 40.0 Å². The molecule has 152 valence electrons. The van der Waals surface area contributed by atoms with E-state index in [1.807, 2.05) is 0 Å². The predicted molar refractivity (Wildman–Crippen MR) is 101 cm³/mol. The predicted octanol–water partition coefficient (Wildman–Crippen LogP) is 5.10. The number of carbonyl (C=O) groups is 1. The fourth-order valence-electron chi connectivity index (χ4n) is 3.11. The van der Waals surface area contributed by atoms with Crippen molar-refractivity contribution in [3.8, 4) is 11.5 Å². The molecule has 0 unspecified atom stereocenters. The highest BCUT2D eigenvalue weighted by atomic mass is 35.5. The summed E-state index contributed by atoms with van der Waals surface area (Å²) in [5.41, 5.74) is 0.812. The first-order valence-electron chi connectivity index (χ1n) is 8.55. The molecule has 0 bridgehead atoms. The molecule has 1 aromatic heterocycles. The smallest absolute Gasteiger partial charge is 0.396 e. The van der Waals surface area contributed by atoms with Gasteiger partial charge in [0.2, 0.25) is 0 Å². The highest BCUT2D eigenvalue weighted by molar-refractivity contribution is 6.42. The molecular formula is C19H13Cl2F3N2O3. The number of benzene rings is 2. The van der Waals surface area contributed by atoms with Crippen molar-refractivity contribution in [1.29, 1.82) is 0 Å². The van der Waals surface area contributed by atoms with Crippen molar-refractivity contribution in [2.75, 3.05) is 13.2 Å². The van der Waals surface area contributed by atoms with Crippen molar-refractivity contribution in [1.82, 2.24) is 9.55 Å². The zero-order valence-electron chi connectivity index (χ0n) is 14.7. The van der Waals surface area contributed by atoms with Gasteiger partial charge in [-0.25, -0.2) is 4.98 Å². The topological polar surface area (TPSA) is 53.4 Å². The number of hydrogen-bond acceptors (Lipinski definition) is 4. The van der Waals surface area contributed by atoms with Gasteiger partial charge in [-0.15, -0.1) is 0 Å². The number of hydrogen-bond donors (Lipinski definition) is 0. The van der Waals surface area contributed by atoms with Gasteiger partial charge >= 0.3 is 6.18 Å². The molecule has 29 heavy (non-hydrogen) atoms. The van der Waals surface area contributed by atoms with Crippen LogP contribution >= 0.6 is 23.2 Å². The van der Waals surface area contributed by atoms with Crippen molar-refractivity contribution in [3.63, 3.8) is 0 Å². The summed E-state index contributed by atoms with van der Waals surface area (Å²) in [6.07, 6.45) is -5.78. The number of carbonyl (C=O) groups excluding carboxylic acids is 1. The third-order valence-electron chi connectivity index (χ3n) is 4.39. The van der Waals surface area contributed by atoms with Crippen LogP contribution in [0, 0.1) is 0 Å². The lowest BCUT2D eigenvalue weighted by atomic mass is 10.1. The molecule has 0 atom stereocenters. The summed E-state index contributed by atoms with van der Waals surface area (Å²) >= 11 is 12.0. The second-order valence-electron chi connectivity index (χ2n) is 6.44. The zero-order valence-corrected chi connectivity index (χ0v) is 16.2. The Hall–Kier alpha value is -2.45. The lowest BCUT2D eigenvalue weighted by Crippen LogP contribution is -2.20. The summed E-state index contributed by atoms with van der Waals surface area (Å²) < 4.78 is 51.2. The average molecular weight is 445 g/mol. The quantitative estimate of drug-likeness (QED) is 0.525. The summed E-state index contributed by atoms with van der Waals surface area (Å²) in [7, 11) is 0. The Morgan fingerprint density at radius 3 is 2.48 bits per heavy atom. The Labute approximate surface area is 172 Å². The first-order valence-corrected chi connectivity index (χ1v) is 9.30. The molecule has 3 aromatic rings. The van der Waals surface area contributed by atoms with Gasteiger partial charge in [-0.05, 0) is 30.3 Å². The molecule has 2 aromatic carbocycles. The summed E-state index contributed by atoms with van der Waals surface area (Å²) in [4.78, 5) is 16.8. The lowest BCUT2D eigenvalue weighted by Gasteiger charge is -2.18. The van der Waals surface area contributed by atoms with Crippen molar-refractivity contribution in [2.45, 2.75) is 19.1 Å². The van der Waals surface area contributed by atoms with Gasteiger partial charge in [0.25, 0.3) is 0 Å². The van der Waals surface area contributed by atoms with Gasteiger partial charge in [-0.3, -0.25) is 4.79 Å². The molecule has 0 radical (unpaired) electrons. The molecule has 0 saturated heterocycles. The van der Waals surface area contributed by atoms with E-state index < -0.39 is 18.4 Å². The first-order chi connectivity index (χ1) is 13.7. The highest BCUT2D eigenvalue weighted by Gasteiger charge is 2.31. The Kier molecular flexibility index (Phi) is 5.08. The van der Waals surface area contributed by atoms with E-state index in [2.05, 4.69) is 4.98 Å². The van der Waals surface area contributed by atoms with E-state index in [0.29, 0.717) is 30.2 Å². The van der Waals surface area contributed by atoms with Crippen LogP contribution in [0.4, 0.5) is 13.2 Å². The minimum Gasteiger partial charge on any atom is -0.486 e. The maximum atomic E-state index is 13.0. The molecule has 0 spiro atoms. The molecule has 0 amide bonds. The van der Waals surface area contributed by atoms with E-state index in [-0.39, 0.29) is 33.5 Å². The number of halogens is 5. The maximum absolute atomic E-state index is 13.0. The van der Waals surface area contributed by atoms with Crippen LogP contribution < -0.4 is 9.47 Å².